The Kier molecular flexibility index (Phi) is 6.20. The van der Waals surface area contributed by atoms with Crippen molar-refractivity contribution in [2.75, 3.05) is 39.9 Å². The van der Waals surface area contributed by atoms with E-state index in [0.29, 0.717) is 41.7 Å². The van der Waals surface area contributed by atoms with Gasteiger partial charge in [0.2, 0.25) is 10.0 Å². The minimum Gasteiger partial charge on any atom is -0.493 e. The number of carbonyl (C=O) groups excluding carboxylic acids is 1. The van der Waals surface area contributed by atoms with E-state index in [0.717, 1.165) is 24.8 Å². The van der Waals surface area contributed by atoms with Crippen LogP contribution in [0.4, 0.5) is 0 Å². The van der Waals surface area contributed by atoms with Gasteiger partial charge in [0, 0.05) is 31.7 Å². The third kappa shape index (κ3) is 4.27. The number of ether oxygens (including phenoxy) is 2. The van der Waals surface area contributed by atoms with Gasteiger partial charge in [-0.15, -0.1) is 0 Å². The Morgan fingerprint density at radius 3 is 2.42 bits per heavy atom. The van der Waals surface area contributed by atoms with Gasteiger partial charge in [-0.3, -0.25) is 4.79 Å². The Morgan fingerprint density at radius 1 is 0.968 bits per heavy atom. The van der Waals surface area contributed by atoms with E-state index in [4.69, 9.17) is 9.47 Å². The number of amides is 1. The molecule has 0 saturated carbocycles. The van der Waals surface area contributed by atoms with Crippen molar-refractivity contribution in [3.8, 4) is 11.5 Å². The lowest BCUT2D eigenvalue weighted by molar-refractivity contribution is 0.0697. The van der Waals surface area contributed by atoms with Gasteiger partial charge >= 0.3 is 0 Å². The Labute approximate surface area is 183 Å². The van der Waals surface area contributed by atoms with Gasteiger partial charge in [-0.2, -0.15) is 4.31 Å². The summed E-state index contributed by atoms with van der Waals surface area (Å²) >= 11 is 0. The van der Waals surface area contributed by atoms with E-state index in [1.807, 2.05) is 19.1 Å². The summed E-state index contributed by atoms with van der Waals surface area (Å²) in [7, 11) is -2.01. The smallest absolute Gasteiger partial charge is 0.254 e. The van der Waals surface area contributed by atoms with Gasteiger partial charge in [0.1, 0.15) is 0 Å². The monoisotopic (exact) mass is 444 g/mol. The molecule has 1 amide bonds. The third-order valence-corrected chi connectivity index (χ3v) is 7.84. The maximum atomic E-state index is 13.1. The lowest BCUT2D eigenvalue weighted by atomic mass is 10.1. The lowest BCUT2D eigenvalue weighted by Crippen LogP contribution is -2.50. The second-order valence-electron chi connectivity index (χ2n) is 7.78. The molecule has 2 aromatic carbocycles. The van der Waals surface area contributed by atoms with E-state index in [2.05, 4.69) is 0 Å². The topological polar surface area (TPSA) is 76.2 Å². The van der Waals surface area contributed by atoms with E-state index in [-0.39, 0.29) is 19.0 Å². The van der Waals surface area contributed by atoms with Crippen molar-refractivity contribution in [1.29, 1.82) is 0 Å². The predicted octanol–water partition coefficient (Wildman–Crippen LogP) is 2.73. The van der Waals surface area contributed by atoms with Gasteiger partial charge < -0.3 is 14.4 Å². The number of aryl methyl sites for hydroxylation is 2. The highest BCUT2D eigenvalue weighted by atomic mass is 32.2. The van der Waals surface area contributed by atoms with E-state index < -0.39 is 10.0 Å². The number of methoxy groups -OCH3 is 1. The van der Waals surface area contributed by atoms with Gasteiger partial charge in [-0.05, 0) is 67.6 Å². The molecule has 0 aromatic heterocycles. The fourth-order valence-corrected chi connectivity index (χ4v) is 5.72. The summed E-state index contributed by atoms with van der Waals surface area (Å²) < 4.78 is 38.5. The summed E-state index contributed by atoms with van der Waals surface area (Å²) in [5, 5.41) is 0. The number of carbonyl (C=O) groups is 1. The molecule has 2 aliphatic rings. The van der Waals surface area contributed by atoms with Crippen LogP contribution in [0.2, 0.25) is 0 Å². The number of benzene rings is 2. The molecule has 1 fully saturated rings. The number of fused-ring (bicyclic) bond motifs is 1. The molecule has 7 nitrogen and oxygen atoms in total. The minimum atomic E-state index is -3.56. The summed E-state index contributed by atoms with van der Waals surface area (Å²) in [6.45, 7) is 3.58. The van der Waals surface area contributed by atoms with Crippen LogP contribution in [0.1, 0.15) is 34.8 Å². The summed E-state index contributed by atoms with van der Waals surface area (Å²) in [6, 6.07) is 10.6. The van der Waals surface area contributed by atoms with Gasteiger partial charge in [-0.1, -0.05) is 6.07 Å². The largest absolute Gasteiger partial charge is 0.493 e. The zero-order valence-corrected chi connectivity index (χ0v) is 18.8. The number of sulfonamides is 1. The fraction of sp³-hybridized carbons (Fsp3) is 0.435. The molecule has 1 saturated heterocycles. The lowest BCUT2D eigenvalue weighted by Gasteiger charge is -2.34. The van der Waals surface area contributed by atoms with Gasteiger partial charge in [-0.25, -0.2) is 8.42 Å². The van der Waals surface area contributed by atoms with Crippen molar-refractivity contribution in [3.05, 3.63) is 53.1 Å². The summed E-state index contributed by atoms with van der Waals surface area (Å²) in [5.74, 6) is 0.954. The van der Waals surface area contributed by atoms with Crippen LogP contribution in [0, 0.1) is 0 Å². The van der Waals surface area contributed by atoms with E-state index in [1.54, 1.807) is 36.3 Å². The summed E-state index contributed by atoms with van der Waals surface area (Å²) in [6.07, 6.45) is 3.04. The van der Waals surface area contributed by atoms with Crippen molar-refractivity contribution >= 4 is 15.9 Å². The number of hydrogen-bond acceptors (Lipinski definition) is 5. The maximum absolute atomic E-state index is 13.1. The fourth-order valence-electron chi connectivity index (χ4n) is 4.25. The first-order valence-electron chi connectivity index (χ1n) is 10.7. The Morgan fingerprint density at radius 2 is 1.71 bits per heavy atom. The van der Waals surface area contributed by atoms with Crippen LogP contribution in [0.3, 0.4) is 0 Å². The highest BCUT2D eigenvalue weighted by Crippen LogP contribution is 2.29. The summed E-state index contributed by atoms with van der Waals surface area (Å²) in [5.41, 5.74) is 2.89. The van der Waals surface area contributed by atoms with E-state index >= 15 is 0 Å². The molecule has 1 heterocycles. The normalized spacial score (nSPS) is 16.8. The van der Waals surface area contributed by atoms with Gasteiger partial charge in [0.05, 0.1) is 18.6 Å². The first-order chi connectivity index (χ1) is 14.9. The Hall–Kier alpha value is -2.58. The molecule has 31 heavy (non-hydrogen) atoms. The van der Waals surface area contributed by atoms with Crippen molar-refractivity contribution in [2.24, 2.45) is 0 Å². The highest BCUT2D eigenvalue weighted by molar-refractivity contribution is 7.89. The zero-order chi connectivity index (χ0) is 22.0. The average Bonchev–Trinajstić information content (AvgIpc) is 3.27. The number of nitrogens with zero attached hydrogens (tertiary/aromatic N) is 2. The molecule has 0 spiro atoms. The predicted molar refractivity (Wildman–Crippen MR) is 117 cm³/mol. The molecule has 0 unspecified atom stereocenters. The average molecular weight is 445 g/mol. The summed E-state index contributed by atoms with van der Waals surface area (Å²) in [4.78, 5) is 15.0. The molecular formula is C23H28N2O5S. The zero-order valence-electron chi connectivity index (χ0n) is 18.0. The molecule has 1 aliphatic carbocycles. The van der Waals surface area contributed by atoms with Crippen LogP contribution in [0.25, 0.3) is 0 Å². The highest BCUT2D eigenvalue weighted by Gasteiger charge is 2.31. The van der Waals surface area contributed by atoms with Gasteiger partial charge in [0.15, 0.2) is 11.5 Å². The number of hydrogen-bond donors (Lipinski definition) is 0. The SMILES string of the molecule is CCOc1cc(C(=O)N2CCN(S(=O)(=O)c3ccc4c(c3)CCC4)CC2)ccc1OC. The van der Waals surface area contributed by atoms with Crippen LogP contribution in [0.15, 0.2) is 41.3 Å². The number of rotatable bonds is 6. The molecule has 166 valence electrons. The second kappa shape index (κ2) is 8.88. The van der Waals surface area contributed by atoms with Crippen molar-refractivity contribution in [2.45, 2.75) is 31.1 Å². The Bertz CT molecular complexity index is 1080. The van der Waals surface area contributed by atoms with Crippen molar-refractivity contribution in [3.63, 3.8) is 0 Å². The molecular weight excluding hydrogens is 416 g/mol. The Balaban J connectivity index is 1.44. The minimum absolute atomic E-state index is 0.141. The van der Waals surface area contributed by atoms with Gasteiger partial charge in [0.25, 0.3) is 5.91 Å². The standard InChI is InChI=1S/C23H28N2O5S/c1-3-30-22-16-19(8-10-21(22)29-2)23(26)24-11-13-25(14-12-24)31(27,28)20-9-7-17-5-4-6-18(17)15-20/h7-10,15-16H,3-6,11-14H2,1-2H3. The quantitative estimate of drug-likeness (QED) is 0.685. The molecule has 2 aromatic rings. The molecule has 4 rings (SSSR count). The van der Waals surface area contributed by atoms with Crippen LogP contribution in [0.5, 0.6) is 11.5 Å². The molecule has 0 bridgehead atoms. The third-order valence-electron chi connectivity index (χ3n) is 5.94. The maximum Gasteiger partial charge on any atom is 0.254 e. The molecule has 0 radical (unpaired) electrons. The molecule has 0 N–H and O–H groups in total. The second-order valence-corrected chi connectivity index (χ2v) is 9.72. The van der Waals surface area contributed by atoms with Crippen LogP contribution in [-0.2, 0) is 22.9 Å². The molecule has 0 atom stereocenters. The van der Waals surface area contributed by atoms with Crippen LogP contribution < -0.4 is 9.47 Å². The molecule has 8 heteroatoms. The first-order valence-corrected chi connectivity index (χ1v) is 12.1. The number of piperazine rings is 1. The van der Waals surface area contributed by atoms with E-state index in [1.165, 1.54) is 9.87 Å². The molecule has 1 aliphatic heterocycles. The van der Waals surface area contributed by atoms with Crippen LogP contribution in [-0.4, -0.2) is 63.4 Å². The van der Waals surface area contributed by atoms with Crippen LogP contribution >= 0.6 is 0 Å². The van der Waals surface area contributed by atoms with E-state index in [9.17, 15) is 13.2 Å². The van der Waals surface area contributed by atoms with Crippen molar-refractivity contribution in [1.82, 2.24) is 9.21 Å². The van der Waals surface area contributed by atoms with Crippen molar-refractivity contribution < 1.29 is 22.7 Å². The first kappa shape index (κ1) is 21.6.